The molecule has 0 N–H and O–H groups in total. The Morgan fingerprint density at radius 1 is 0.349 bits per heavy atom. The molecule has 0 unspecified atom stereocenters. The van der Waals surface area contributed by atoms with Gasteiger partial charge in [0, 0.05) is 44.7 Å². The highest BCUT2D eigenvalue weighted by Gasteiger charge is 2.22. The van der Waals surface area contributed by atoms with Gasteiger partial charge in [-0.3, -0.25) is 0 Å². The van der Waals surface area contributed by atoms with Crippen LogP contribution >= 0.6 is 0 Å². The number of furan rings is 2. The van der Waals surface area contributed by atoms with Gasteiger partial charge in [0.15, 0.2) is 0 Å². The quantitative estimate of drug-likeness (QED) is 0.218. The molecule has 0 bridgehead atoms. The number of rotatable bonds is 4. The maximum Gasteiger partial charge on any atom is 0.147 e. The van der Waals surface area contributed by atoms with E-state index < -0.39 is 0 Å². The van der Waals surface area contributed by atoms with Crippen LogP contribution in [0.15, 0.2) is 160 Å². The Bertz CT molecular complexity index is 2440. The Hall–Kier alpha value is -5.80. The second-order valence-corrected chi connectivity index (χ2v) is 10.9. The first-order valence-electron chi connectivity index (χ1n) is 14.5. The average Bonchev–Trinajstić information content (AvgIpc) is 3.65. The van der Waals surface area contributed by atoms with Crippen molar-refractivity contribution in [3.63, 3.8) is 0 Å². The predicted octanol–water partition coefficient (Wildman–Crippen LogP) is 11.8. The van der Waals surface area contributed by atoms with Crippen LogP contribution in [0.1, 0.15) is 0 Å². The summed E-state index contributed by atoms with van der Waals surface area (Å²) < 4.78 is 13.2. The monoisotopic (exact) mass is 551 g/mol. The first kappa shape index (κ1) is 23.9. The summed E-state index contributed by atoms with van der Waals surface area (Å²) in [5.74, 6) is 0. The van der Waals surface area contributed by atoms with Crippen LogP contribution in [0.25, 0.3) is 65.8 Å². The molecule has 43 heavy (non-hydrogen) atoms. The summed E-state index contributed by atoms with van der Waals surface area (Å²) in [6.07, 6.45) is 0. The molecule has 0 saturated carbocycles. The van der Waals surface area contributed by atoms with Crippen LogP contribution in [0.3, 0.4) is 0 Å². The van der Waals surface area contributed by atoms with Crippen molar-refractivity contribution in [1.82, 2.24) is 0 Å². The van der Waals surface area contributed by atoms with E-state index in [2.05, 4.69) is 132 Å². The second kappa shape index (κ2) is 9.37. The normalized spacial score (nSPS) is 11.7. The fourth-order valence-electron chi connectivity index (χ4n) is 6.49. The third kappa shape index (κ3) is 3.68. The number of hydrogen-bond donors (Lipinski definition) is 0. The minimum Gasteiger partial charge on any atom is -0.455 e. The van der Waals surface area contributed by atoms with Gasteiger partial charge in [0.25, 0.3) is 0 Å². The molecule has 0 aliphatic carbocycles. The zero-order valence-electron chi connectivity index (χ0n) is 23.2. The molecule has 2 heterocycles. The molecular weight excluding hydrogens is 526 g/mol. The molecule has 0 amide bonds. The third-order valence-electron chi connectivity index (χ3n) is 8.44. The van der Waals surface area contributed by atoms with E-state index in [0.717, 1.165) is 71.7 Å². The molecule has 0 saturated heterocycles. The Labute approximate surface area is 247 Å². The molecule has 9 aromatic rings. The number of para-hydroxylation sites is 2. The Morgan fingerprint density at radius 2 is 0.907 bits per heavy atom. The van der Waals surface area contributed by atoms with Gasteiger partial charge in [-0.15, -0.1) is 0 Å². The highest BCUT2D eigenvalue weighted by atomic mass is 16.3. The van der Waals surface area contributed by atoms with Gasteiger partial charge in [-0.05, 0) is 59.0 Å². The second-order valence-electron chi connectivity index (χ2n) is 10.9. The van der Waals surface area contributed by atoms with Gasteiger partial charge in [0.05, 0.1) is 5.39 Å². The standard InChI is InChI=1S/C40H25NO2/c1-3-11-26(12-4-1)27-19-21-29(22-20-27)41(28-13-5-2-6-14-28)30-23-24-34-36(25-30)43-40-37(34)31-15-7-8-16-32(31)39-38(40)33-17-9-10-18-35(33)42-39/h1-25H. The minimum absolute atomic E-state index is 0.845. The van der Waals surface area contributed by atoms with Gasteiger partial charge in [0.1, 0.15) is 22.3 Å². The van der Waals surface area contributed by atoms with Crippen LogP contribution in [0.2, 0.25) is 0 Å². The maximum atomic E-state index is 6.79. The van der Waals surface area contributed by atoms with Crippen LogP contribution in [-0.2, 0) is 0 Å². The first-order chi connectivity index (χ1) is 21.3. The molecule has 0 atom stereocenters. The van der Waals surface area contributed by atoms with E-state index in [9.17, 15) is 0 Å². The molecule has 0 aliphatic heterocycles. The molecule has 0 spiro atoms. The summed E-state index contributed by atoms with van der Waals surface area (Å²) in [6, 6.07) is 52.9. The van der Waals surface area contributed by atoms with Gasteiger partial charge < -0.3 is 13.7 Å². The van der Waals surface area contributed by atoms with Gasteiger partial charge in [-0.25, -0.2) is 0 Å². The van der Waals surface area contributed by atoms with Crippen molar-refractivity contribution in [2.45, 2.75) is 0 Å². The molecule has 0 aliphatic rings. The molecule has 0 fully saturated rings. The molecule has 9 rings (SSSR count). The summed E-state index contributed by atoms with van der Waals surface area (Å²) in [5.41, 5.74) is 9.03. The van der Waals surface area contributed by atoms with Crippen LogP contribution in [0, 0.1) is 0 Å². The molecule has 202 valence electrons. The highest BCUT2D eigenvalue weighted by Crippen LogP contribution is 2.46. The van der Waals surface area contributed by atoms with E-state index in [4.69, 9.17) is 8.83 Å². The average molecular weight is 552 g/mol. The smallest absolute Gasteiger partial charge is 0.147 e. The predicted molar refractivity (Wildman–Crippen MR) is 179 cm³/mol. The highest BCUT2D eigenvalue weighted by molar-refractivity contribution is 6.33. The van der Waals surface area contributed by atoms with E-state index in [1.54, 1.807) is 0 Å². The lowest BCUT2D eigenvalue weighted by atomic mass is 9.99. The van der Waals surface area contributed by atoms with Gasteiger partial charge >= 0.3 is 0 Å². The van der Waals surface area contributed by atoms with Crippen molar-refractivity contribution >= 4 is 71.7 Å². The van der Waals surface area contributed by atoms with E-state index in [0.29, 0.717) is 0 Å². The van der Waals surface area contributed by atoms with Crippen molar-refractivity contribution in [2.24, 2.45) is 0 Å². The summed E-state index contributed by atoms with van der Waals surface area (Å²) in [7, 11) is 0. The third-order valence-corrected chi connectivity index (χ3v) is 8.44. The lowest BCUT2D eigenvalue weighted by Crippen LogP contribution is -2.09. The first-order valence-corrected chi connectivity index (χ1v) is 14.5. The van der Waals surface area contributed by atoms with Crippen LogP contribution in [0.5, 0.6) is 0 Å². The van der Waals surface area contributed by atoms with Crippen molar-refractivity contribution in [3.8, 4) is 11.1 Å². The topological polar surface area (TPSA) is 29.5 Å². The van der Waals surface area contributed by atoms with Crippen molar-refractivity contribution in [3.05, 3.63) is 152 Å². The van der Waals surface area contributed by atoms with Crippen molar-refractivity contribution in [1.29, 1.82) is 0 Å². The van der Waals surface area contributed by atoms with E-state index in [1.165, 1.54) is 11.1 Å². The molecular formula is C40H25NO2. The fraction of sp³-hybridized carbons (Fsp3) is 0. The molecule has 3 nitrogen and oxygen atoms in total. The van der Waals surface area contributed by atoms with E-state index >= 15 is 0 Å². The summed E-state index contributed by atoms with van der Waals surface area (Å²) in [4.78, 5) is 2.28. The zero-order chi connectivity index (χ0) is 28.3. The summed E-state index contributed by atoms with van der Waals surface area (Å²) >= 11 is 0. The van der Waals surface area contributed by atoms with Crippen LogP contribution in [-0.4, -0.2) is 0 Å². The number of fused-ring (bicyclic) bond motifs is 10. The fourth-order valence-corrected chi connectivity index (χ4v) is 6.49. The minimum atomic E-state index is 0.845. The van der Waals surface area contributed by atoms with Gasteiger partial charge in [0.2, 0.25) is 0 Å². The number of hydrogen-bond acceptors (Lipinski definition) is 3. The Kier molecular flexibility index (Phi) is 5.20. The molecule has 2 aromatic heterocycles. The number of benzene rings is 7. The number of anilines is 3. The lowest BCUT2D eigenvalue weighted by molar-refractivity contribution is 0.665. The van der Waals surface area contributed by atoms with Gasteiger partial charge in [-0.2, -0.15) is 0 Å². The zero-order valence-corrected chi connectivity index (χ0v) is 23.2. The SMILES string of the molecule is c1ccc(-c2ccc(N(c3ccccc3)c3ccc4c(c3)oc3c4c4ccccc4c4oc5ccccc5c43)cc2)cc1. The van der Waals surface area contributed by atoms with E-state index in [-0.39, 0.29) is 0 Å². The molecule has 3 heteroatoms. The summed E-state index contributed by atoms with van der Waals surface area (Å²) in [5, 5.41) is 6.53. The van der Waals surface area contributed by atoms with Crippen molar-refractivity contribution < 1.29 is 8.83 Å². The van der Waals surface area contributed by atoms with Crippen LogP contribution < -0.4 is 4.90 Å². The lowest BCUT2D eigenvalue weighted by Gasteiger charge is -2.25. The molecule has 0 radical (unpaired) electrons. The van der Waals surface area contributed by atoms with Gasteiger partial charge in [-0.1, -0.05) is 103 Å². The number of nitrogens with zero attached hydrogens (tertiary/aromatic N) is 1. The van der Waals surface area contributed by atoms with E-state index in [1.807, 2.05) is 24.3 Å². The molecule has 7 aromatic carbocycles. The van der Waals surface area contributed by atoms with Crippen LogP contribution in [0.4, 0.5) is 17.1 Å². The maximum absolute atomic E-state index is 6.79. The van der Waals surface area contributed by atoms with Crippen molar-refractivity contribution in [2.75, 3.05) is 4.90 Å². The Balaban J connectivity index is 1.28. The Morgan fingerprint density at radius 3 is 1.70 bits per heavy atom. The largest absolute Gasteiger partial charge is 0.455 e. The summed E-state index contributed by atoms with van der Waals surface area (Å²) in [6.45, 7) is 0.